The van der Waals surface area contributed by atoms with E-state index in [0.717, 1.165) is 45.4 Å². The first kappa shape index (κ1) is 14.5. The summed E-state index contributed by atoms with van der Waals surface area (Å²) in [5.41, 5.74) is -0.136. The van der Waals surface area contributed by atoms with Gasteiger partial charge in [0.2, 0.25) is 5.91 Å². The molecule has 0 aromatic heterocycles. The quantitative estimate of drug-likeness (QED) is 0.799. The molecular formula is C14H28N2O. The number of rotatable bonds is 5. The predicted molar refractivity (Wildman–Crippen MR) is 71.9 cm³/mol. The second kappa shape index (κ2) is 6.39. The van der Waals surface area contributed by atoms with Crippen molar-refractivity contribution in [2.45, 2.75) is 47.0 Å². The van der Waals surface area contributed by atoms with Crippen LogP contribution in [0.1, 0.15) is 47.0 Å². The van der Waals surface area contributed by atoms with Crippen LogP contribution >= 0.6 is 0 Å². The summed E-state index contributed by atoms with van der Waals surface area (Å²) in [5.74, 6) is 0.910. The van der Waals surface area contributed by atoms with Gasteiger partial charge >= 0.3 is 0 Å². The van der Waals surface area contributed by atoms with Crippen molar-refractivity contribution in [2.75, 3.05) is 26.2 Å². The fourth-order valence-electron chi connectivity index (χ4n) is 2.74. The van der Waals surface area contributed by atoms with Gasteiger partial charge in [0.1, 0.15) is 0 Å². The fourth-order valence-corrected chi connectivity index (χ4v) is 2.74. The molecule has 3 heteroatoms. The predicted octanol–water partition coefficient (Wildman–Crippen LogP) is 2.27. The Balaban J connectivity index is 2.75. The van der Waals surface area contributed by atoms with Crippen molar-refractivity contribution in [3.63, 3.8) is 0 Å². The Morgan fingerprint density at radius 3 is 2.53 bits per heavy atom. The molecule has 1 amide bonds. The molecule has 0 radical (unpaired) electrons. The number of nitrogens with zero attached hydrogens (tertiary/aromatic N) is 1. The molecular weight excluding hydrogens is 212 g/mol. The Labute approximate surface area is 106 Å². The highest BCUT2D eigenvalue weighted by Crippen LogP contribution is 2.32. The van der Waals surface area contributed by atoms with Gasteiger partial charge in [0.15, 0.2) is 0 Å². The summed E-state index contributed by atoms with van der Waals surface area (Å²) in [7, 11) is 0. The third-order valence-electron chi connectivity index (χ3n) is 3.86. The summed E-state index contributed by atoms with van der Waals surface area (Å²) < 4.78 is 0. The van der Waals surface area contributed by atoms with Gasteiger partial charge in [-0.05, 0) is 38.6 Å². The minimum absolute atomic E-state index is 0.136. The second-order valence-electron chi connectivity index (χ2n) is 5.65. The van der Waals surface area contributed by atoms with Crippen LogP contribution in [0, 0.1) is 11.3 Å². The van der Waals surface area contributed by atoms with Crippen LogP contribution in [0.2, 0.25) is 0 Å². The van der Waals surface area contributed by atoms with E-state index in [1.54, 1.807) is 0 Å². The van der Waals surface area contributed by atoms with Crippen molar-refractivity contribution in [1.82, 2.24) is 10.2 Å². The third-order valence-corrected chi connectivity index (χ3v) is 3.86. The minimum Gasteiger partial charge on any atom is -0.342 e. The summed E-state index contributed by atoms with van der Waals surface area (Å²) in [5, 5.41) is 3.39. The van der Waals surface area contributed by atoms with Gasteiger partial charge in [0.05, 0.1) is 5.41 Å². The molecule has 0 aliphatic carbocycles. The smallest absolute Gasteiger partial charge is 0.230 e. The minimum atomic E-state index is -0.136. The molecule has 1 saturated heterocycles. The van der Waals surface area contributed by atoms with Crippen LogP contribution in [-0.2, 0) is 4.79 Å². The van der Waals surface area contributed by atoms with Gasteiger partial charge in [-0.2, -0.15) is 0 Å². The monoisotopic (exact) mass is 240 g/mol. The van der Waals surface area contributed by atoms with Crippen LogP contribution in [0.15, 0.2) is 0 Å². The molecule has 1 fully saturated rings. The van der Waals surface area contributed by atoms with Gasteiger partial charge < -0.3 is 10.2 Å². The number of hydrogen-bond donors (Lipinski definition) is 1. The van der Waals surface area contributed by atoms with Crippen LogP contribution in [0.4, 0.5) is 0 Å². The van der Waals surface area contributed by atoms with Crippen molar-refractivity contribution in [2.24, 2.45) is 11.3 Å². The maximum Gasteiger partial charge on any atom is 0.230 e. The molecule has 1 N–H and O–H groups in total. The highest BCUT2D eigenvalue weighted by Gasteiger charge is 2.40. The summed E-state index contributed by atoms with van der Waals surface area (Å²) in [6, 6.07) is 0. The van der Waals surface area contributed by atoms with Crippen LogP contribution in [0.25, 0.3) is 0 Å². The maximum absolute atomic E-state index is 12.7. The lowest BCUT2D eigenvalue weighted by atomic mass is 9.77. The molecule has 1 rings (SSSR count). The SMILES string of the molecule is CCN(CC(C)C)C(=O)C1(CC)CCCNC1. The Morgan fingerprint density at radius 2 is 2.12 bits per heavy atom. The highest BCUT2D eigenvalue weighted by molar-refractivity contribution is 5.83. The zero-order valence-corrected chi connectivity index (χ0v) is 11.9. The van der Waals surface area contributed by atoms with Crippen molar-refractivity contribution in [1.29, 1.82) is 0 Å². The second-order valence-corrected chi connectivity index (χ2v) is 5.65. The normalized spacial score (nSPS) is 25.0. The molecule has 0 aromatic rings. The van der Waals surface area contributed by atoms with E-state index in [-0.39, 0.29) is 5.41 Å². The van der Waals surface area contributed by atoms with E-state index in [4.69, 9.17) is 0 Å². The zero-order chi connectivity index (χ0) is 12.9. The number of amides is 1. The summed E-state index contributed by atoms with van der Waals surface area (Å²) in [6.07, 6.45) is 3.12. The molecule has 1 unspecified atom stereocenters. The van der Waals surface area contributed by atoms with Gasteiger partial charge in [-0.15, -0.1) is 0 Å². The molecule has 100 valence electrons. The number of hydrogen-bond acceptors (Lipinski definition) is 2. The number of carbonyl (C=O) groups is 1. The first-order chi connectivity index (χ1) is 8.05. The maximum atomic E-state index is 12.7. The van der Waals surface area contributed by atoms with Crippen LogP contribution in [0.3, 0.4) is 0 Å². The van der Waals surface area contributed by atoms with Crippen molar-refractivity contribution in [3.8, 4) is 0 Å². The number of nitrogens with one attached hydrogen (secondary N) is 1. The molecule has 1 aliphatic heterocycles. The van der Waals surface area contributed by atoms with E-state index in [9.17, 15) is 4.79 Å². The lowest BCUT2D eigenvalue weighted by molar-refractivity contribution is -0.144. The molecule has 0 saturated carbocycles. The fraction of sp³-hybridized carbons (Fsp3) is 0.929. The van der Waals surface area contributed by atoms with E-state index in [1.165, 1.54) is 0 Å². The average molecular weight is 240 g/mol. The third kappa shape index (κ3) is 3.44. The van der Waals surface area contributed by atoms with Gasteiger partial charge in [-0.25, -0.2) is 0 Å². The Bertz CT molecular complexity index is 245. The molecule has 1 aliphatic rings. The van der Waals surface area contributed by atoms with Gasteiger partial charge in [0, 0.05) is 19.6 Å². The molecule has 0 bridgehead atoms. The summed E-state index contributed by atoms with van der Waals surface area (Å²) in [4.78, 5) is 14.7. The first-order valence-corrected chi connectivity index (χ1v) is 7.06. The van der Waals surface area contributed by atoms with Crippen molar-refractivity contribution in [3.05, 3.63) is 0 Å². The van der Waals surface area contributed by atoms with Crippen LogP contribution in [-0.4, -0.2) is 37.0 Å². The van der Waals surface area contributed by atoms with Crippen LogP contribution in [0.5, 0.6) is 0 Å². The van der Waals surface area contributed by atoms with Crippen molar-refractivity contribution < 1.29 is 4.79 Å². The molecule has 17 heavy (non-hydrogen) atoms. The van der Waals surface area contributed by atoms with Gasteiger partial charge in [-0.3, -0.25) is 4.79 Å². The zero-order valence-electron chi connectivity index (χ0n) is 11.9. The van der Waals surface area contributed by atoms with E-state index in [0.29, 0.717) is 11.8 Å². The van der Waals surface area contributed by atoms with Gasteiger partial charge in [-0.1, -0.05) is 20.8 Å². The Hall–Kier alpha value is -0.570. The highest BCUT2D eigenvalue weighted by atomic mass is 16.2. The topological polar surface area (TPSA) is 32.3 Å². The van der Waals surface area contributed by atoms with Gasteiger partial charge in [0.25, 0.3) is 0 Å². The number of carbonyl (C=O) groups excluding carboxylic acids is 1. The van der Waals surface area contributed by atoms with E-state index in [2.05, 4.69) is 33.0 Å². The average Bonchev–Trinajstić information content (AvgIpc) is 2.35. The largest absolute Gasteiger partial charge is 0.342 e. The first-order valence-electron chi connectivity index (χ1n) is 7.06. The van der Waals surface area contributed by atoms with Crippen molar-refractivity contribution >= 4 is 5.91 Å². The molecule has 1 heterocycles. The van der Waals surface area contributed by atoms with E-state index < -0.39 is 0 Å². The lowest BCUT2D eigenvalue weighted by Crippen LogP contribution is -2.52. The van der Waals surface area contributed by atoms with E-state index in [1.807, 2.05) is 4.90 Å². The summed E-state index contributed by atoms with van der Waals surface area (Å²) in [6.45, 7) is 12.2. The molecule has 0 aromatic carbocycles. The number of piperidine rings is 1. The molecule has 3 nitrogen and oxygen atoms in total. The standard InChI is InChI=1S/C14H28N2O/c1-5-14(8-7-9-15-11-14)13(17)16(6-2)10-12(3)4/h12,15H,5-11H2,1-4H3. The Morgan fingerprint density at radius 1 is 1.41 bits per heavy atom. The summed E-state index contributed by atoms with van der Waals surface area (Å²) >= 11 is 0. The van der Waals surface area contributed by atoms with E-state index >= 15 is 0 Å². The lowest BCUT2D eigenvalue weighted by Gasteiger charge is -2.39. The molecule has 0 spiro atoms. The molecule has 1 atom stereocenters. The Kier molecular flexibility index (Phi) is 5.44. The van der Waals surface area contributed by atoms with Crippen LogP contribution < -0.4 is 5.32 Å².